The van der Waals surface area contributed by atoms with Crippen LogP contribution in [0.1, 0.15) is 66.2 Å². The molecule has 0 aromatic carbocycles. The third-order valence-electron chi connectivity index (χ3n) is 4.36. The normalized spacial score (nSPS) is 31.5. The molecular weight excluding hydrogens is 194 g/mol. The Kier molecular flexibility index (Phi) is 6.41. The monoisotopic (exact) mass is 225 g/mol. The van der Waals surface area contributed by atoms with Gasteiger partial charge in [0.2, 0.25) is 0 Å². The average Bonchev–Trinajstić information content (AvgIpc) is 2.23. The van der Waals surface area contributed by atoms with Gasteiger partial charge >= 0.3 is 0 Å². The molecule has 16 heavy (non-hydrogen) atoms. The molecule has 96 valence electrons. The van der Waals surface area contributed by atoms with E-state index in [4.69, 9.17) is 0 Å². The zero-order valence-corrected chi connectivity index (χ0v) is 11.8. The van der Waals surface area contributed by atoms with Crippen LogP contribution in [0.25, 0.3) is 0 Å². The maximum absolute atomic E-state index is 2.76. The van der Waals surface area contributed by atoms with Crippen molar-refractivity contribution in [3.63, 3.8) is 0 Å². The smallest absolute Gasteiger partial charge is 0.00953 e. The number of piperidine rings is 1. The first-order valence-corrected chi connectivity index (χ1v) is 7.55. The first-order chi connectivity index (χ1) is 7.81. The fourth-order valence-corrected chi connectivity index (χ4v) is 3.11. The van der Waals surface area contributed by atoms with Crippen LogP contribution in [0.15, 0.2) is 0 Å². The van der Waals surface area contributed by atoms with Crippen LogP contribution in [0.3, 0.4) is 0 Å². The number of nitrogens with zero attached hydrogens (tertiary/aromatic N) is 1. The minimum atomic E-state index is 0.948. The molecule has 2 fully saturated rings. The molecule has 1 aliphatic heterocycles. The SMILES string of the molecule is CC.CCCC1CCN(C2CCC2)CC1C. The van der Waals surface area contributed by atoms with Crippen molar-refractivity contribution in [1.82, 2.24) is 4.90 Å². The Morgan fingerprint density at radius 2 is 1.81 bits per heavy atom. The van der Waals surface area contributed by atoms with Crippen molar-refractivity contribution in [2.75, 3.05) is 13.1 Å². The first-order valence-electron chi connectivity index (χ1n) is 7.55. The van der Waals surface area contributed by atoms with Crippen molar-refractivity contribution in [2.24, 2.45) is 11.8 Å². The van der Waals surface area contributed by atoms with E-state index < -0.39 is 0 Å². The van der Waals surface area contributed by atoms with E-state index in [1.807, 2.05) is 13.8 Å². The highest BCUT2D eigenvalue weighted by atomic mass is 15.2. The van der Waals surface area contributed by atoms with E-state index in [-0.39, 0.29) is 0 Å². The molecule has 1 heterocycles. The lowest BCUT2D eigenvalue weighted by Gasteiger charge is -2.44. The summed E-state index contributed by atoms with van der Waals surface area (Å²) in [6.45, 7) is 11.6. The molecule has 1 nitrogen and oxygen atoms in total. The van der Waals surface area contributed by atoms with Gasteiger partial charge in [0.1, 0.15) is 0 Å². The Labute approximate surface area is 103 Å². The van der Waals surface area contributed by atoms with Crippen molar-refractivity contribution in [3.8, 4) is 0 Å². The quantitative estimate of drug-likeness (QED) is 0.691. The van der Waals surface area contributed by atoms with Crippen molar-refractivity contribution in [1.29, 1.82) is 0 Å². The molecule has 0 amide bonds. The van der Waals surface area contributed by atoms with E-state index >= 15 is 0 Å². The molecule has 0 aromatic heterocycles. The lowest BCUT2D eigenvalue weighted by Crippen LogP contribution is -2.47. The molecular formula is C15H31N. The maximum atomic E-state index is 2.76. The van der Waals surface area contributed by atoms with Crippen LogP contribution < -0.4 is 0 Å². The van der Waals surface area contributed by atoms with Gasteiger partial charge in [-0.25, -0.2) is 0 Å². The molecule has 0 aromatic rings. The molecule has 2 atom stereocenters. The number of rotatable bonds is 3. The zero-order chi connectivity index (χ0) is 12.0. The van der Waals surface area contributed by atoms with E-state index in [0.29, 0.717) is 0 Å². The van der Waals surface area contributed by atoms with Crippen molar-refractivity contribution in [2.45, 2.75) is 72.3 Å². The molecule has 0 spiro atoms. The third kappa shape index (κ3) is 3.48. The molecule has 2 rings (SSSR count). The molecule has 1 heteroatoms. The van der Waals surface area contributed by atoms with Gasteiger partial charge < -0.3 is 4.90 Å². The molecule has 1 saturated heterocycles. The molecule has 0 radical (unpaired) electrons. The zero-order valence-electron chi connectivity index (χ0n) is 11.8. The molecule has 1 aliphatic carbocycles. The summed E-state index contributed by atoms with van der Waals surface area (Å²) in [7, 11) is 0. The summed E-state index contributed by atoms with van der Waals surface area (Å²) in [5, 5.41) is 0. The summed E-state index contributed by atoms with van der Waals surface area (Å²) in [5.74, 6) is 1.97. The Morgan fingerprint density at radius 3 is 2.25 bits per heavy atom. The van der Waals surface area contributed by atoms with Crippen molar-refractivity contribution in [3.05, 3.63) is 0 Å². The fourth-order valence-electron chi connectivity index (χ4n) is 3.11. The van der Waals surface area contributed by atoms with Gasteiger partial charge in [-0.15, -0.1) is 0 Å². The van der Waals surface area contributed by atoms with Gasteiger partial charge in [0, 0.05) is 12.6 Å². The van der Waals surface area contributed by atoms with E-state index in [1.54, 1.807) is 0 Å². The minimum absolute atomic E-state index is 0.948. The van der Waals surface area contributed by atoms with Crippen molar-refractivity contribution < 1.29 is 0 Å². The molecule has 2 aliphatic rings. The van der Waals surface area contributed by atoms with Crippen LogP contribution in [0, 0.1) is 11.8 Å². The second-order valence-corrected chi connectivity index (χ2v) is 5.39. The van der Waals surface area contributed by atoms with Crippen LogP contribution in [-0.2, 0) is 0 Å². The summed E-state index contributed by atoms with van der Waals surface area (Å²) in [6.07, 6.45) is 8.73. The van der Waals surface area contributed by atoms with Gasteiger partial charge in [-0.2, -0.15) is 0 Å². The lowest BCUT2D eigenvalue weighted by molar-refractivity contribution is 0.0505. The highest BCUT2D eigenvalue weighted by molar-refractivity contribution is 4.86. The fraction of sp³-hybridized carbons (Fsp3) is 1.00. The third-order valence-corrected chi connectivity index (χ3v) is 4.36. The highest BCUT2D eigenvalue weighted by Crippen LogP contribution is 2.33. The van der Waals surface area contributed by atoms with Gasteiger partial charge in [0.15, 0.2) is 0 Å². The minimum Gasteiger partial charge on any atom is -0.300 e. The molecule has 0 bridgehead atoms. The van der Waals surface area contributed by atoms with Crippen LogP contribution in [0.5, 0.6) is 0 Å². The van der Waals surface area contributed by atoms with E-state index in [0.717, 1.165) is 17.9 Å². The van der Waals surface area contributed by atoms with E-state index in [1.165, 1.54) is 51.6 Å². The Balaban J connectivity index is 0.000000606. The molecule has 2 unspecified atom stereocenters. The average molecular weight is 225 g/mol. The predicted molar refractivity (Wildman–Crippen MR) is 72.7 cm³/mol. The largest absolute Gasteiger partial charge is 0.300 e. The van der Waals surface area contributed by atoms with Crippen LogP contribution in [0.2, 0.25) is 0 Å². The van der Waals surface area contributed by atoms with E-state index in [9.17, 15) is 0 Å². The second-order valence-electron chi connectivity index (χ2n) is 5.39. The van der Waals surface area contributed by atoms with Gasteiger partial charge in [0.25, 0.3) is 0 Å². The Morgan fingerprint density at radius 1 is 1.12 bits per heavy atom. The van der Waals surface area contributed by atoms with Gasteiger partial charge in [0.05, 0.1) is 0 Å². The van der Waals surface area contributed by atoms with Crippen LogP contribution in [0.4, 0.5) is 0 Å². The maximum Gasteiger partial charge on any atom is 0.00953 e. The predicted octanol–water partition coefficient (Wildman–Crippen LogP) is 4.32. The summed E-state index contributed by atoms with van der Waals surface area (Å²) in [5.41, 5.74) is 0. The van der Waals surface area contributed by atoms with E-state index in [2.05, 4.69) is 18.7 Å². The topological polar surface area (TPSA) is 3.24 Å². The number of hydrogen-bond donors (Lipinski definition) is 0. The first kappa shape index (κ1) is 14.0. The van der Waals surface area contributed by atoms with Gasteiger partial charge in [-0.1, -0.05) is 47.0 Å². The number of likely N-dealkylation sites (tertiary alicyclic amines) is 1. The van der Waals surface area contributed by atoms with Crippen molar-refractivity contribution >= 4 is 0 Å². The standard InChI is InChI=1S/C13H25N.C2H6/c1-3-5-12-8-9-14(10-11(12)2)13-6-4-7-13;1-2/h11-13H,3-10H2,1-2H3;1-2H3. The summed E-state index contributed by atoms with van der Waals surface area (Å²) < 4.78 is 0. The Bertz CT molecular complexity index is 174. The van der Waals surface area contributed by atoms with Gasteiger partial charge in [-0.3, -0.25) is 0 Å². The highest BCUT2D eigenvalue weighted by Gasteiger charge is 2.31. The second kappa shape index (κ2) is 7.32. The lowest BCUT2D eigenvalue weighted by atomic mass is 9.81. The van der Waals surface area contributed by atoms with Crippen LogP contribution >= 0.6 is 0 Å². The Hall–Kier alpha value is -0.0400. The summed E-state index contributed by atoms with van der Waals surface area (Å²) in [4.78, 5) is 2.76. The molecule has 1 saturated carbocycles. The summed E-state index contributed by atoms with van der Waals surface area (Å²) >= 11 is 0. The van der Waals surface area contributed by atoms with Crippen LogP contribution in [-0.4, -0.2) is 24.0 Å². The number of hydrogen-bond acceptors (Lipinski definition) is 1. The summed E-state index contributed by atoms with van der Waals surface area (Å²) in [6, 6.07) is 0.972. The molecule has 0 N–H and O–H groups in total. The van der Waals surface area contributed by atoms with Gasteiger partial charge in [-0.05, 0) is 37.6 Å².